The number of piperidine rings is 1. The van der Waals surface area contributed by atoms with E-state index in [-0.39, 0.29) is 10.8 Å². The predicted octanol–water partition coefficient (Wildman–Crippen LogP) is 4.40. The Balaban J connectivity index is 1.37. The minimum atomic E-state index is -3.71. The van der Waals surface area contributed by atoms with Crippen molar-refractivity contribution in [2.24, 2.45) is 0 Å². The lowest BCUT2D eigenvalue weighted by Gasteiger charge is -2.26. The van der Waals surface area contributed by atoms with Gasteiger partial charge in [-0.05, 0) is 67.4 Å². The number of carbonyl (C=O) groups excluding carboxylic acids is 1. The number of nitrogens with zero attached hydrogens (tertiary/aromatic N) is 1. The Morgan fingerprint density at radius 3 is 2.33 bits per heavy atom. The molecule has 1 amide bonds. The summed E-state index contributed by atoms with van der Waals surface area (Å²) in [5.41, 5.74) is 3.03. The molecule has 33 heavy (non-hydrogen) atoms. The van der Waals surface area contributed by atoms with Gasteiger partial charge in [0, 0.05) is 24.3 Å². The number of anilines is 1. The van der Waals surface area contributed by atoms with E-state index in [0.717, 1.165) is 25.2 Å². The van der Waals surface area contributed by atoms with Crippen molar-refractivity contribution in [3.63, 3.8) is 0 Å². The maximum absolute atomic E-state index is 12.7. The molecule has 0 atom stereocenters. The topological polar surface area (TPSA) is 78.5 Å². The highest BCUT2D eigenvalue weighted by Crippen LogP contribution is 2.18. The lowest BCUT2D eigenvalue weighted by Crippen LogP contribution is -2.29. The van der Waals surface area contributed by atoms with E-state index in [4.69, 9.17) is 0 Å². The molecular formula is C26H29N3O3S. The summed E-state index contributed by atoms with van der Waals surface area (Å²) in [5.74, 6) is -0.253. The highest BCUT2D eigenvalue weighted by molar-refractivity contribution is 7.92. The van der Waals surface area contributed by atoms with Gasteiger partial charge in [-0.2, -0.15) is 0 Å². The smallest absolute Gasteiger partial charge is 0.261 e. The van der Waals surface area contributed by atoms with Crippen molar-refractivity contribution in [3.05, 3.63) is 95.6 Å². The molecule has 7 heteroatoms. The Morgan fingerprint density at radius 1 is 0.818 bits per heavy atom. The van der Waals surface area contributed by atoms with Gasteiger partial charge in [-0.1, -0.05) is 55.0 Å². The SMILES string of the molecule is O=C(NCc1cccc(CN2CCCCC2)c1)c1cccc(NS(=O)(=O)c2ccccc2)c1. The Labute approximate surface area is 195 Å². The van der Waals surface area contributed by atoms with Crippen molar-refractivity contribution in [2.45, 2.75) is 37.2 Å². The number of nitrogens with one attached hydrogen (secondary N) is 2. The summed E-state index contributed by atoms with van der Waals surface area (Å²) in [6.45, 7) is 3.63. The minimum Gasteiger partial charge on any atom is -0.348 e. The van der Waals surface area contributed by atoms with Crippen LogP contribution >= 0.6 is 0 Å². The van der Waals surface area contributed by atoms with E-state index in [1.54, 1.807) is 42.5 Å². The van der Waals surface area contributed by atoms with Gasteiger partial charge in [-0.25, -0.2) is 8.42 Å². The molecule has 0 saturated carbocycles. The van der Waals surface area contributed by atoms with Crippen molar-refractivity contribution >= 4 is 21.6 Å². The summed E-state index contributed by atoms with van der Waals surface area (Å²) >= 11 is 0. The van der Waals surface area contributed by atoms with Crippen LogP contribution in [-0.2, 0) is 23.1 Å². The fourth-order valence-electron chi connectivity index (χ4n) is 4.04. The van der Waals surface area contributed by atoms with Crippen LogP contribution in [0.3, 0.4) is 0 Å². The maximum atomic E-state index is 12.7. The first-order valence-electron chi connectivity index (χ1n) is 11.3. The molecule has 0 bridgehead atoms. The largest absolute Gasteiger partial charge is 0.348 e. The molecule has 0 unspecified atom stereocenters. The van der Waals surface area contributed by atoms with Gasteiger partial charge in [0.25, 0.3) is 15.9 Å². The first kappa shape index (κ1) is 23.0. The van der Waals surface area contributed by atoms with Gasteiger partial charge in [0.15, 0.2) is 0 Å². The number of hydrogen-bond acceptors (Lipinski definition) is 4. The van der Waals surface area contributed by atoms with Gasteiger partial charge < -0.3 is 5.32 Å². The van der Waals surface area contributed by atoms with Crippen LogP contribution in [0.4, 0.5) is 5.69 Å². The minimum absolute atomic E-state index is 0.171. The van der Waals surface area contributed by atoms with Crippen LogP contribution in [0.15, 0.2) is 83.8 Å². The Hall–Kier alpha value is -3.16. The average Bonchev–Trinajstić information content (AvgIpc) is 2.84. The van der Waals surface area contributed by atoms with Crippen LogP contribution in [0.5, 0.6) is 0 Å². The zero-order valence-corrected chi connectivity index (χ0v) is 19.4. The van der Waals surface area contributed by atoms with E-state index in [9.17, 15) is 13.2 Å². The van der Waals surface area contributed by atoms with E-state index in [1.165, 1.54) is 37.0 Å². The summed E-state index contributed by atoms with van der Waals surface area (Å²) in [5, 5.41) is 2.94. The zero-order valence-electron chi connectivity index (χ0n) is 18.5. The number of likely N-dealkylation sites (tertiary alicyclic amines) is 1. The van der Waals surface area contributed by atoms with Crippen LogP contribution in [0.2, 0.25) is 0 Å². The molecule has 2 N–H and O–H groups in total. The summed E-state index contributed by atoms with van der Waals surface area (Å²) in [6.07, 6.45) is 3.84. The molecule has 1 saturated heterocycles. The second-order valence-electron chi connectivity index (χ2n) is 8.34. The van der Waals surface area contributed by atoms with E-state index in [0.29, 0.717) is 17.8 Å². The fraction of sp³-hybridized carbons (Fsp3) is 0.269. The average molecular weight is 464 g/mol. The number of amides is 1. The van der Waals surface area contributed by atoms with Gasteiger partial charge in [0.2, 0.25) is 0 Å². The van der Waals surface area contributed by atoms with Crippen LogP contribution < -0.4 is 10.0 Å². The van der Waals surface area contributed by atoms with E-state index in [1.807, 2.05) is 12.1 Å². The summed E-state index contributed by atoms with van der Waals surface area (Å²) in [6, 6.07) is 22.9. The van der Waals surface area contributed by atoms with E-state index >= 15 is 0 Å². The maximum Gasteiger partial charge on any atom is 0.261 e. The van der Waals surface area contributed by atoms with Gasteiger partial charge in [-0.15, -0.1) is 0 Å². The van der Waals surface area contributed by atoms with E-state index in [2.05, 4.69) is 27.1 Å². The van der Waals surface area contributed by atoms with Crippen molar-refractivity contribution in [1.29, 1.82) is 0 Å². The van der Waals surface area contributed by atoms with Gasteiger partial charge in [0.05, 0.1) is 4.90 Å². The summed E-state index contributed by atoms with van der Waals surface area (Å²) in [4.78, 5) is 15.4. The normalized spacial score (nSPS) is 14.5. The molecule has 0 aliphatic carbocycles. The Kier molecular flexibility index (Phi) is 7.42. The second kappa shape index (κ2) is 10.6. The lowest BCUT2D eigenvalue weighted by molar-refractivity contribution is 0.0951. The van der Waals surface area contributed by atoms with Crippen molar-refractivity contribution in [2.75, 3.05) is 17.8 Å². The quantitative estimate of drug-likeness (QED) is 0.519. The van der Waals surface area contributed by atoms with Crippen LogP contribution in [-0.4, -0.2) is 32.3 Å². The fourth-order valence-corrected chi connectivity index (χ4v) is 5.11. The molecule has 3 aromatic rings. The molecule has 1 fully saturated rings. The molecule has 0 radical (unpaired) electrons. The molecule has 3 aromatic carbocycles. The van der Waals surface area contributed by atoms with Crippen LogP contribution in [0.1, 0.15) is 40.7 Å². The third kappa shape index (κ3) is 6.43. The first-order valence-corrected chi connectivity index (χ1v) is 12.7. The number of carbonyl (C=O) groups is 1. The zero-order chi connectivity index (χ0) is 23.1. The Morgan fingerprint density at radius 2 is 1.55 bits per heavy atom. The third-order valence-corrected chi connectivity index (χ3v) is 7.13. The van der Waals surface area contributed by atoms with Crippen molar-refractivity contribution in [3.8, 4) is 0 Å². The van der Waals surface area contributed by atoms with Gasteiger partial charge in [0.1, 0.15) is 0 Å². The number of benzene rings is 3. The van der Waals surface area contributed by atoms with Crippen LogP contribution in [0, 0.1) is 0 Å². The molecule has 0 aromatic heterocycles. The lowest BCUT2D eigenvalue weighted by atomic mass is 10.1. The molecular weight excluding hydrogens is 434 g/mol. The van der Waals surface area contributed by atoms with Crippen molar-refractivity contribution in [1.82, 2.24) is 10.2 Å². The standard InChI is InChI=1S/C26H29N3O3S/c30-26(27-19-21-9-7-10-22(17-21)20-29-15-5-2-6-16-29)23-11-8-12-24(18-23)28-33(31,32)25-13-3-1-4-14-25/h1,3-4,7-14,17-18,28H,2,5-6,15-16,19-20H2,(H,27,30). The molecule has 1 aliphatic rings. The Bertz CT molecular complexity index is 1190. The molecule has 172 valence electrons. The van der Waals surface area contributed by atoms with Crippen molar-refractivity contribution < 1.29 is 13.2 Å². The first-order chi connectivity index (χ1) is 16.0. The second-order valence-corrected chi connectivity index (χ2v) is 10.0. The highest BCUT2D eigenvalue weighted by atomic mass is 32.2. The highest BCUT2D eigenvalue weighted by Gasteiger charge is 2.15. The summed E-state index contributed by atoms with van der Waals surface area (Å²) < 4.78 is 27.6. The third-order valence-electron chi connectivity index (χ3n) is 5.73. The predicted molar refractivity (Wildman–Crippen MR) is 130 cm³/mol. The molecule has 0 spiro atoms. The molecule has 1 heterocycles. The summed E-state index contributed by atoms with van der Waals surface area (Å²) in [7, 11) is -3.71. The van der Waals surface area contributed by atoms with Gasteiger partial charge >= 0.3 is 0 Å². The van der Waals surface area contributed by atoms with Gasteiger partial charge in [-0.3, -0.25) is 14.4 Å². The molecule has 1 aliphatic heterocycles. The van der Waals surface area contributed by atoms with E-state index < -0.39 is 10.0 Å². The molecule has 4 rings (SSSR count). The molecule has 6 nitrogen and oxygen atoms in total. The number of sulfonamides is 1. The van der Waals surface area contributed by atoms with Crippen LogP contribution in [0.25, 0.3) is 0 Å². The monoisotopic (exact) mass is 463 g/mol. The number of hydrogen-bond donors (Lipinski definition) is 2. The number of rotatable bonds is 8.